The van der Waals surface area contributed by atoms with Crippen LogP contribution in [-0.4, -0.2) is 4.57 Å². The normalized spacial score (nSPS) is 11.8. The van der Waals surface area contributed by atoms with E-state index in [2.05, 4.69) is 204 Å². The van der Waals surface area contributed by atoms with Crippen molar-refractivity contribution in [2.75, 3.05) is 4.90 Å². The molecular weight excluding hydrogens is 645 g/mol. The fourth-order valence-electron chi connectivity index (χ4n) is 8.33. The maximum absolute atomic E-state index is 6.72. The van der Waals surface area contributed by atoms with Crippen molar-refractivity contribution >= 4 is 82.4 Å². The van der Waals surface area contributed by atoms with Crippen molar-refractivity contribution in [3.05, 3.63) is 194 Å². The number of hydrogen-bond donors (Lipinski definition) is 0. The molecule has 2 aromatic heterocycles. The molecule has 3 nitrogen and oxygen atoms in total. The summed E-state index contributed by atoms with van der Waals surface area (Å²) in [6.07, 6.45) is 0. The Kier molecular flexibility index (Phi) is 6.55. The number of anilines is 3. The number of para-hydroxylation sites is 3. The van der Waals surface area contributed by atoms with Crippen molar-refractivity contribution in [2.24, 2.45) is 0 Å². The van der Waals surface area contributed by atoms with Crippen molar-refractivity contribution in [1.29, 1.82) is 0 Å². The second kappa shape index (κ2) is 11.7. The molecule has 0 atom stereocenters. The first-order valence-corrected chi connectivity index (χ1v) is 18.1. The highest BCUT2D eigenvalue weighted by Crippen LogP contribution is 2.45. The molecule has 0 amide bonds. The van der Waals surface area contributed by atoms with Crippen molar-refractivity contribution in [1.82, 2.24) is 4.57 Å². The maximum atomic E-state index is 6.72. The van der Waals surface area contributed by atoms with Gasteiger partial charge < -0.3 is 13.9 Å². The Morgan fingerprint density at radius 2 is 1.04 bits per heavy atom. The average molecular weight is 677 g/mol. The third kappa shape index (κ3) is 4.61. The molecule has 11 aromatic rings. The Labute approximate surface area is 306 Å². The van der Waals surface area contributed by atoms with Crippen molar-refractivity contribution < 1.29 is 4.42 Å². The van der Waals surface area contributed by atoms with Crippen LogP contribution in [-0.2, 0) is 0 Å². The van der Waals surface area contributed by atoms with Crippen LogP contribution in [0.4, 0.5) is 17.1 Å². The lowest BCUT2D eigenvalue weighted by atomic mass is 10.0. The van der Waals surface area contributed by atoms with E-state index in [1.807, 2.05) is 0 Å². The van der Waals surface area contributed by atoms with E-state index in [1.165, 1.54) is 38.0 Å². The Hall–Kier alpha value is -7.10. The zero-order valence-electron chi connectivity index (χ0n) is 28.8. The van der Waals surface area contributed by atoms with Gasteiger partial charge in [0, 0.05) is 49.6 Å². The first kappa shape index (κ1) is 29.6. The molecule has 0 fully saturated rings. The van der Waals surface area contributed by atoms with Crippen LogP contribution in [0, 0.1) is 0 Å². The lowest BCUT2D eigenvalue weighted by Gasteiger charge is -2.27. The first-order chi connectivity index (χ1) is 26.3. The molecule has 0 radical (unpaired) electrons. The number of nitrogens with zero attached hydrogens (tertiary/aromatic N) is 2. The molecule has 0 N–H and O–H groups in total. The molecular formula is C50H32N2O. The Balaban J connectivity index is 1.12. The Morgan fingerprint density at radius 3 is 1.91 bits per heavy atom. The van der Waals surface area contributed by atoms with Crippen LogP contribution in [0.3, 0.4) is 0 Å². The quantitative estimate of drug-likeness (QED) is 0.181. The minimum atomic E-state index is 0.913. The van der Waals surface area contributed by atoms with Gasteiger partial charge in [-0.15, -0.1) is 0 Å². The molecule has 0 aliphatic rings. The molecule has 3 heteroatoms. The lowest BCUT2D eigenvalue weighted by Crippen LogP contribution is -2.10. The summed E-state index contributed by atoms with van der Waals surface area (Å²) in [5.74, 6) is 0. The van der Waals surface area contributed by atoms with Gasteiger partial charge in [-0.05, 0) is 82.4 Å². The predicted octanol–water partition coefficient (Wildman–Crippen LogP) is 14.1. The van der Waals surface area contributed by atoms with Crippen LogP contribution in [0.2, 0.25) is 0 Å². The van der Waals surface area contributed by atoms with Gasteiger partial charge >= 0.3 is 0 Å². The second-order valence-corrected chi connectivity index (χ2v) is 13.7. The number of hydrogen-bond acceptors (Lipinski definition) is 2. The van der Waals surface area contributed by atoms with Crippen LogP contribution in [0.15, 0.2) is 199 Å². The van der Waals surface area contributed by atoms with Gasteiger partial charge in [0.05, 0.1) is 16.7 Å². The molecule has 0 aliphatic heterocycles. The monoisotopic (exact) mass is 676 g/mol. The number of rotatable bonds is 5. The summed E-state index contributed by atoms with van der Waals surface area (Å²) in [4.78, 5) is 2.41. The SMILES string of the molecule is c1ccc(-n2c3ccccc3c3c(N(c4ccc(-c5cccc6c5oc5c7ccccc7ccc65)cc4)c4ccc5ccccc5c4)cccc32)cc1. The van der Waals surface area contributed by atoms with Gasteiger partial charge in [0.15, 0.2) is 0 Å². The summed E-state index contributed by atoms with van der Waals surface area (Å²) >= 11 is 0. The van der Waals surface area contributed by atoms with E-state index in [0.29, 0.717) is 0 Å². The second-order valence-electron chi connectivity index (χ2n) is 13.7. The van der Waals surface area contributed by atoms with Gasteiger partial charge in [-0.25, -0.2) is 0 Å². The summed E-state index contributed by atoms with van der Waals surface area (Å²) < 4.78 is 9.11. The summed E-state index contributed by atoms with van der Waals surface area (Å²) in [5.41, 5.74) is 10.8. The maximum Gasteiger partial charge on any atom is 0.143 e. The molecule has 0 saturated heterocycles. The minimum Gasteiger partial charge on any atom is -0.455 e. The highest BCUT2D eigenvalue weighted by molar-refractivity contribution is 6.18. The highest BCUT2D eigenvalue weighted by atomic mass is 16.3. The Morgan fingerprint density at radius 1 is 0.396 bits per heavy atom. The third-order valence-corrected chi connectivity index (χ3v) is 10.7. The smallest absolute Gasteiger partial charge is 0.143 e. The fourth-order valence-corrected chi connectivity index (χ4v) is 8.33. The summed E-state index contributed by atoms with van der Waals surface area (Å²) in [6, 6.07) is 69.7. The largest absolute Gasteiger partial charge is 0.455 e. The van der Waals surface area contributed by atoms with Gasteiger partial charge in [-0.3, -0.25) is 0 Å². The summed E-state index contributed by atoms with van der Waals surface area (Å²) in [5, 5.41) is 9.44. The lowest BCUT2D eigenvalue weighted by molar-refractivity contribution is 0.674. The summed E-state index contributed by atoms with van der Waals surface area (Å²) in [6.45, 7) is 0. The molecule has 2 heterocycles. The zero-order valence-corrected chi connectivity index (χ0v) is 28.8. The van der Waals surface area contributed by atoms with Gasteiger partial charge in [-0.1, -0.05) is 133 Å². The van der Waals surface area contributed by atoms with E-state index in [-0.39, 0.29) is 0 Å². The van der Waals surface area contributed by atoms with Crippen LogP contribution in [0.1, 0.15) is 0 Å². The number of fused-ring (bicyclic) bond motifs is 9. The highest BCUT2D eigenvalue weighted by Gasteiger charge is 2.22. The van der Waals surface area contributed by atoms with Crippen LogP contribution in [0.5, 0.6) is 0 Å². The van der Waals surface area contributed by atoms with Crippen molar-refractivity contribution in [3.8, 4) is 16.8 Å². The van der Waals surface area contributed by atoms with E-state index < -0.39 is 0 Å². The van der Waals surface area contributed by atoms with Crippen LogP contribution in [0.25, 0.3) is 82.1 Å². The minimum absolute atomic E-state index is 0.913. The third-order valence-electron chi connectivity index (χ3n) is 10.7. The van der Waals surface area contributed by atoms with Crippen LogP contribution >= 0.6 is 0 Å². The van der Waals surface area contributed by atoms with E-state index >= 15 is 0 Å². The van der Waals surface area contributed by atoms with Crippen LogP contribution < -0.4 is 4.90 Å². The molecule has 0 saturated carbocycles. The standard InChI is InChI=1S/C50H32N2O/c1-2-15-37(16-3-1)52-45-21-9-8-18-44(45)48-46(22-11-23-47(48)52)51(39-30-24-33-12-4-5-14-36(33)32-39)38-28-25-35(26-29-38)41-19-10-20-42-43-31-27-34-13-6-7-17-40(34)50(43)53-49(41)42/h1-32H. The van der Waals surface area contributed by atoms with E-state index in [0.717, 1.165) is 61.2 Å². The van der Waals surface area contributed by atoms with Gasteiger partial charge in [-0.2, -0.15) is 0 Å². The summed E-state index contributed by atoms with van der Waals surface area (Å²) in [7, 11) is 0. The van der Waals surface area contributed by atoms with Gasteiger partial charge in [0.2, 0.25) is 0 Å². The molecule has 0 unspecified atom stereocenters. The van der Waals surface area contributed by atoms with E-state index in [9.17, 15) is 0 Å². The van der Waals surface area contributed by atoms with E-state index in [4.69, 9.17) is 4.42 Å². The number of benzene rings is 9. The number of furan rings is 1. The van der Waals surface area contributed by atoms with Crippen molar-refractivity contribution in [2.45, 2.75) is 0 Å². The topological polar surface area (TPSA) is 21.3 Å². The first-order valence-electron chi connectivity index (χ1n) is 18.1. The Bertz CT molecular complexity index is 3170. The molecule has 11 rings (SSSR count). The molecule has 0 aliphatic carbocycles. The molecule has 0 bridgehead atoms. The van der Waals surface area contributed by atoms with Gasteiger partial charge in [0.1, 0.15) is 11.2 Å². The molecule has 9 aromatic carbocycles. The predicted molar refractivity (Wildman–Crippen MR) is 223 cm³/mol. The zero-order chi connectivity index (χ0) is 34.9. The fraction of sp³-hybridized carbons (Fsp3) is 0. The molecule has 0 spiro atoms. The number of aromatic nitrogens is 1. The van der Waals surface area contributed by atoms with E-state index in [1.54, 1.807) is 0 Å². The van der Waals surface area contributed by atoms with Crippen molar-refractivity contribution in [3.63, 3.8) is 0 Å². The molecule has 248 valence electrons. The van der Waals surface area contributed by atoms with Gasteiger partial charge in [0.25, 0.3) is 0 Å². The molecule has 53 heavy (non-hydrogen) atoms. The average Bonchev–Trinajstić information content (AvgIpc) is 3.78.